The van der Waals surface area contributed by atoms with Crippen LogP contribution in [0.5, 0.6) is 0 Å². The second kappa shape index (κ2) is 7.29. The molecule has 0 aliphatic carbocycles. The van der Waals surface area contributed by atoms with E-state index in [1.807, 2.05) is 0 Å². The molecule has 0 aromatic heterocycles. The lowest BCUT2D eigenvalue weighted by atomic mass is 10.2. The number of nitrogens with one attached hydrogen (secondary N) is 1. The largest absolute Gasteiger partial charge is 0.316 e. The molecule has 0 saturated carbocycles. The standard InChI is InChI=1S/C8H19NO3S/c1-2-3-4-5-6-9-7-8-13(10,11)12/h9H,2-8H2,1H3,(H,10,11,12). The zero-order valence-corrected chi connectivity index (χ0v) is 8.94. The zero-order chi connectivity index (χ0) is 10.2. The molecule has 0 rings (SSSR count). The summed E-state index contributed by atoms with van der Waals surface area (Å²) >= 11 is 0. The lowest BCUT2D eigenvalue weighted by molar-refractivity contribution is 0.480. The SMILES string of the molecule is CCCCCCNCCS(=O)(=O)O. The maximum Gasteiger partial charge on any atom is 0.266 e. The Balaban J connectivity index is 3.09. The molecule has 0 fully saturated rings. The van der Waals surface area contributed by atoms with Gasteiger partial charge in [0, 0.05) is 6.54 Å². The van der Waals surface area contributed by atoms with E-state index in [0.29, 0.717) is 6.54 Å². The summed E-state index contributed by atoms with van der Waals surface area (Å²) in [6.45, 7) is 3.31. The zero-order valence-electron chi connectivity index (χ0n) is 8.12. The summed E-state index contributed by atoms with van der Waals surface area (Å²) in [5.74, 6) is -0.194. The molecule has 13 heavy (non-hydrogen) atoms. The van der Waals surface area contributed by atoms with Gasteiger partial charge in [0.15, 0.2) is 0 Å². The lowest BCUT2D eigenvalue weighted by Gasteiger charge is -2.02. The molecule has 0 atom stereocenters. The van der Waals surface area contributed by atoms with E-state index in [9.17, 15) is 8.42 Å². The van der Waals surface area contributed by atoms with Crippen LogP contribution in [-0.2, 0) is 10.1 Å². The molecule has 0 aliphatic heterocycles. The van der Waals surface area contributed by atoms with Crippen LogP contribution in [0.4, 0.5) is 0 Å². The van der Waals surface area contributed by atoms with Crippen LogP contribution in [0.15, 0.2) is 0 Å². The molecule has 0 aliphatic rings. The summed E-state index contributed by atoms with van der Waals surface area (Å²) in [7, 11) is -3.78. The summed E-state index contributed by atoms with van der Waals surface area (Å²) in [6, 6.07) is 0. The fourth-order valence-corrected chi connectivity index (χ4v) is 1.41. The highest BCUT2D eigenvalue weighted by Crippen LogP contribution is 1.96. The Hall–Kier alpha value is -0.130. The maximum atomic E-state index is 10.3. The molecule has 0 saturated heterocycles. The Kier molecular flexibility index (Phi) is 7.22. The Morgan fingerprint density at radius 1 is 1.15 bits per heavy atom. The van der Waals surface area contributed by atoms with Crippen molar-refractivity contribution in [1.82, 2.24) is 5.32 Å². The van der Waals surface area contributed by atoms with Gasteiger partial charge in [0.1, 0.15) is 0 Å². The molecule has 0 unspecified atom stereocenters. The third kappa shape index (κ3) is 11.9. The molecular formula is C8H19NO3S. The Labute approximate surface area is 80.5 Å². The minimum absolute atomic E-state index is 0.194. The van der Waals surface area contributed by atoms with Gasteiger partial charge in [-0.15, -0.1) is 0 Å². The van der Waals surface area contributed by atoms with Crippen LogP contribution in [0.1, 0.15) is 32.6 Å². The minimum Gasteiger partial charge on any atom is -0.316 e. The number of rotatable bonds is 8. The summed E-state index contributed by atoms with van der Waals surface area (Å²) < 4.78 is 29.0. The maximum absolute atomic E-state index is 10.3. The van der Waals surface area contributed by atoms with E-state index >= 15 is 0 Å². The average Bonchev–Trinajstić information content (AvgIpc) is 2.01. The first kappa shape index (κ1) is 12.9. The van der Waals surface area contributed by atoms with E-state index in [1.165, 1.54) is 19.3 Å². The summed E-state index contributed by atoms with van der Waals surface area (Å²) in [4.78, 5) is 0. The Morgan fingerprint density at radius 3 is 2.38 bits per heavy atom. The van der Waals surface area contributed by atoms with Gasteiger partial charge in [-0.3, -0.25) is 4.55 Å². The molecule has 2 N–H and O–H groups in total. The normalized spacial score (nSPS) is 11.8. The predicted octanol–water partition coefficient (Wildman–Crippen LogP) is 1.04. The molecule has 5 heteroatoms. The van der Waals surface area contributed by atoms with Crippen molar-refractivity contribution in [2.24, 2.45) is 0 Å². The fraction of sp³-hybridized carbons (Fsp3) is 1.00. The van der Waals surface area contributed by atoms with Crippen molar-refractivity contribution in [3.8, 4) is 0 Å². The fourth-order valence-electron chi connectivity index (χ4n) is 1.00. The first-order valence-corrected chi connectivity index (χ1v) is 6.33. The van der Waals surface area contributed by atoms with Crippen molar-refractivity contribution in [2.45, 2.75) is 32.6 Å². The van der Waals surface area contributed by atoms with Crippen LogP contribution in [0, 0.1) is 0 Å². The van der Waals surface area contributed by atoms with Crippen molar-refractivity contribution in [2.75, 3.05) is 18.8 Å². The number of hydrogen-bond acceptors (Lipinski definition) is 3. The van der Waals surface area contributed by atoms with E-state index in [1.54, 1.807) is 0 Å². The molecule has 0 aromatic rings. The van der Waals surface area contributed by atoms with Gasteiger partial charge in [0.25, 0.3) is 10.1 Å². The van der Waals surface area contributed by atoms with Crippen LogP contribution in [-0.4, -0.2) is 31.8 Å². The summed E-state index contributed by atoms with van der Waals surface area (Å²) in [5.41, 5.74) is 0. The summed E-state index contributed by atoms with van der Waals surface area (Å²) in [5, 5.41) is 2.96. The van der Waals surface area contributed by atoms with E-state index in [4.69, 9.17) is 4.55 Å². The van der Waals surface area contributed by atoms with Crippen LogP contribution < -0.4 is 5.32 Å². The highest BCUT2D eigenvalue weighted by atomic mass is 32.2. The third-order valence-electron chi connectivity index (χ3n) is 1.74. The highest BCUT2D eigenvalue weighted by Gasteiger charge is 2.01. The average molecular weight is 209 g/mol. The van der Waals surface area contributed by atoms with Gasteiger partial charge in [0.05, 0.1) is 5.75 Å². The van der Waals surface area contributed by atoms with Crippen LogP contribution in [0.2, 0.25) is 0 Å². The first-order chi connectivity index (χ1) is 6.06. The Morgan fingerprint density at radius 2 is 1.85 bits per heavy atom. The number of hydrogen-bond donors (Lipinski definition) is 2. The van der Waals surface area contributed by atoms with Crippen molar-refractivity contribution in [3.05, 3.63) is 0 Å². The second-order valence-corrected chi connectivity index (χ2v) is 4.67. The van der Waals surface area contributed by atoms with Crippen molar-refractivity contribution in [3.63, 3.8) is 0 Å². The molecule has 0 heterocycles. The molecule has 0 bridgehead atoms. The molecule has 80 valence electrons. The smallest absolute Gasteiger partial charge is 0.266 e. The summed E-state index contributed by atoms with van der Waals surface area (Å²) in [6.07, 6.45) is 4.67. The first-order valence-electron chi connectivity index (χ1n) is 4.72. The van der Waals surface area contributed by atoms with Crippen LogP contribution in [0.3, 0.4) is 0 Å². The third-order valence-corrected chi connectivity index (χ3v) is 2.46. The molecule has 0 radical (unpaired) electrons. The quantitative estimate of drug-likeness (QED) is 0.463. The van der Waals surface area contributed by atoms with Gasteiger partial charge in [-0.1, -0.05) is 26.2 Å². The highest BCUT2D eigenvalue weighted by molar-refractivity contribution is 7.85. The molecule has 4 nitrogen and oxygen atoms in total. The topological polar surface area (TPSA) is 66.4 Å². The van der Waals surface area contributed by atoms with E-state index in [0.717, 1.165) is 13.0 Å². The van der Waals surface area contributed by atoms with Gasteiger partial charge >= 0.3 is 0 Å². The Bertz CT molecular complexity index is 201. The second-order valence-electron chi connectivity index (χ2n) is 3.10. The lowest BCUT2D eigenvalue weighted by Crippen LogP contribution is -2.23. The van der Waals surface area contributed by atoms with Crippen molar-refractivity contribution >= 4 is 10.1 Å². The van der Waals surface area contributed by atoms with Crippen LogP contribution >= 0.6 is 0 Å². The van der Waals surface area contributed by atoms with Gasteiger partial charge < -0.3 is 5.32 Å². The van der Waals surface area contributed by atoms with E-state index < -0.39 is 10.1 Å². The molecule has 0 spiro atoms. The van der Waals surface area contributed by atoms with E-state index in [-0.39, 0.29) is 5.75 Å². The monoisotopic (exact) mass is 209 g/mol. The molecule has 0 aromatic carbocycles. The molecule has 0 amide bonds. The van der Waals surface area contributed by atoms with Gasteiger partial charge in [-0.25, -0.2) is 0 Å². The predicted molar refractivity (Wildman–Crippen MR) is 53.4 cm³/mol. The van der Waals surface area contributed by atoms with Crippen LogP contribution in [0.25, 0.3) is 0 Å². The molecular weight excluding hydrogens is 190 g/mol. The van der Waals surface area contributed by atoms with Gasteiger partial charge in [-0.2, -0.15) is 8.42 Å². The number of unbranched alkanes of at least 4 members (excludes halogenated alkanes) is 3. The van der Waals surface area contributed by atoms with E-state index in [2.05, 4.69) is 12.2 Å². The van der Waals surface area contributed by atoms with Gasteiger partial charge in [-0.05, 0) is 13.0 Å². The van der Waals surface area contributed by atoms with Gasteiger partial charge in [0.2, 0.25) is 0 Å². The van der Waals surface area contributed by atoms with Crippen molar-refractivity contribution < 1.29 is 13.0 Å². The minimum atomic E-state index is -3.78. The van der Waals surface area contributed by atoms with Crippen molar-refractivity contribution in [1.29, 1.82) is 0 Å².